The molecule has 0 aromatic heterocycles. The van der Waals surface area contributed by atoms with Gasteiger partial charge >= 0.3 is 5.97 Å². The second-order valence-electron chi connectivity index (χ2n) is 14.2. The molecule has 4 aliphatic rings. The summed E-state index contributed by atoms with van der Waals surface area (Å²) >= 11 is 0. The molecule has 5 nitrogen and oxygen atoms in total. The zero-order valence-electron chi connectivity index (χ0n) is 24.8. The summed E-state index contributed by atoms with van der Waals surface area (Å²) in [6.45, 7) is 12.0. The van der Waals surface area contributed by atoms with Crippen molar-refractivity contribution in [2.24, 2.45) is 51.5 Å². The van der Waals surface area contributed by atoms with Gasteiger partial charge in [0.25, 0.3) is 0 Å². The number of benzene rings is 1. The maximum absolute atomic E-state index is 12.7. The van der Waals surface area contributed by atoms with Crippen LogP contribution in [0.2, 0.25) is 0 Å². The molecule has 9 atom stereocenters. The second kappa shape index (κ2) is 11.3. The van der Waals surface area contributed by atoms with E-state index in [1.807, 2.05) is 30.3 Å². The largest absolute Gasteiger partial charge is 0.458 e. The van der Waals surface area contributed by atoms with E-state index in [0.717, 1.165) is 49.9 Å². The third-order valence-electron chi connectivity index (χ3n) is 11.9. The highest BCUT2D eigenvalue weighted by Gasteiger charge is 2.59. The van der Waals surface area contributed by atoms with Crippen LogP contribution in [0, 0.1) is 46.3 Å². The summed E-state index contributed by atoms with van der Waals surface area (Å²) in [6, 6.07) is 9.51. The lowest BCUT2D eigenvalue weighted by Gasteiger charge is -2.58. The third-order valence-corrected chi connectivity index (χ3v) is 11.9. The van der Waals surface area contributed by atoms with Gasteiger partial charge in [-0.05, 0) is 115 Å². The van der Waals surface area contributed by atoms with Crippen molar-refractivity contribution in [3.63, 3.8) is 0 Å². The molecule has 3 fully saturated rings. The van der Waals surface area contributed by atoms with E-state index in [1.54, 1.807) is 5.57 Å². The van der Waals surface area contributed by atoms with Crippen LogP contribution in [0.3, 0.4) is 0 Å². The lowest BCUT2D eigenvalue weighted by atomic mass is 9.47. The first-order chi connectivity index (χ1) is 18.7. The van der Waals surface area contributed by atoms with Crippen LogP contribution in [0.1, 0.15) is 109 Å². The van der Waals surface area contributed by atoms with Gasteiger partial charge in [0.15, 0.2) is 0 Å². The smallest absolute Gasteiger partial charge is 0.338 e. The van der Waals surface area contributed by atoms with E-state index >= 15 is 0 Å². The first-order valence-electron chi connectivity index (χ1n) is 15.7. The predicted molar refractivity (Wildman–Crippen MR) is 157 cm³/mol. The second-order valence-corrected chi connectivity index (χ2v) is 14.2. The van der Waals surface area contributed by atoms with Gasteiger partial charge in [-0.2, -0.15) is 0 Å². The van der Waals surface area contributed by atoms with Crippen molar-refractivity contribution in [2.45, 2.75) is 111 Å². The van der Waals surface area contributed by atoms with Crippen LogP contribution in [-0.2, 0) is 4.74 Å². The molecule has 0 aliphatic heterocycles. The van der Waals surface area contributed by atoms with Crippen LogP contribution in [0.5, 0.6) is 0 Å². The fourth-order valence-electron chi connectivity index (χ4n) is 9.69. The molecule has 0 bridgehead atoms. The number of nitrogens with zero attached hydrogens (tertiary/aromatic N) is 3. The summed E-state index contributed by atoms with van der Waals surface area (Å²) < 4.78 is 6.00. The van der Waals surface area contributed by atoms with Crippen molar-refractivity contribution in [1.29, 1.82) is 0 Å². The minimum atomic E-state index is -0.189. The van der Waals surface area contributed by atoms with Crippen molar-refractivity contribution in [1.82, 2.24) is 0 Å². The molecule has 212 valence electrons. The third kappa shape index (κ3) is 5.29. The molecular formula is C34H49N3O2. The first-order valence-corrected chi connectivity index (χ1v) is 15.7. The topological polar surface area (TPSA) is 75.1 Å². The number of azide groups is 1. The van der Waals surface area contributed by atoms with Crippen LogP contribution < -0.4 is 0 Å². The molecule has 5 heteroatoms. The molecule has 0 spiro atoms. The number of hydrogen-bond acceptors (Lipinski definition) is 3. The molecule has 0 heterocycles. The predicted octanol–water partition coefficient (Wildman–Crippen LogP) is 9.54. The Morgan fingerprint density at radius 1 is 1.05 bits per heavy atom. The quantitative estimate of drug-likeness (QED) is 0.110. The minimum Gasteiger partial charge on any atom is -0.458 e. The van der Waals surface area contributed by atoms with Crippen molar-refractivity contribution >= 4 is 5.97 Å². The van der Waals surface area contributed by atoms with Crippen LogP contribution in [0.15, 0.2) is 47.1 Å². The minimum absolute atomic E-state index is 0.0115. The highest BCUT2D eigenvalue weighted by molar-refractivity contribution is 5.89. The van der Waals surface area contributed by atoms with E-state index < -0.39 is 0 Å². The molecule has 1 aromatic carbocycles. The lowest BCUT2D eigenvalue weighted by molar-refractivity contribution is -0.0604. The number of allylic oxidation sites excluding steroid dienone is 1. The van der Waals surface area contributed by atoms with E-state index in [0.29, 0.717) is 28.7 Å². The van der Waals surface area contributed by atoms with Crippen LogP contribution in [0.25, 0.3) is 10.4 Å². The molecule has 3 saturated carbocycles. The van der Waals surface area contributed by atoms with E-state index in [-0.39, 0.29) is 23.5 Å². The fraction of sp³-hybridized carbons (Fsp3) is 0.735. The number of hydrogen-bond donors (Lipinski definition) is 0. The van der Waals surface area contributed by atoms with Gasteiger partial charge in [-0.15, -0.1) is 0 Å². The van der Waals surface area contributed by atoms with E-state index in [2.05, 4.69) is 50.7 Å². The Bertz CT molecular complexity index is 1110. The average molecular weight is 532 g/mol. The van der Waals surface area contributed by atoms with Crippen molar-refractivity contribution < 1.29 is 9.53 Å². The molecule has 0 N–H and O–H groups in total. The van der Waals surface area contributed by atoms with E-state index in [1.165, 1.54) is 32.1 Å². The van der Waals surface area contributed by atoms with Gasteiger partial charge in [-0.1, -0.05) is 76.0 Å². The number of carbonyl (C=O) groups excluding carboxylic acids is 1. The summed E-state index contributed by atoms with van der Waals surface area (Å²) in [6.07, 6.45) is 14.0. The maximum atomic E-state index is 12.7. The lowest BCUT2D eigenvalue weighted by Crippen LogP contribution is -2.51. The summed E-state index contributed by atoms with van der Waals surface area (Å²) in [5.74, 6) is 3.74. The molecule has 0 amide bonds. The molecule has 0 radical (unpaired) electrons. The Labute approximate surface area is 235 Å². The van der Waals surface area contributed by atoms with Gasteiger partial charge in [0.2, 0.25) is 0 Å². The number of esters is 1. The molecule has 4 aliphatic carbocycles. The molecule has 1 aromatic rings. The van der Waals surface area contributed by atoms with Gasteiger partial charge in [0.05, 0.1) is 5.56 Å². The van der Waals surface area contributed by atoms with Gasteiger partial charge in [-0.25, -0.2) is 4.79 Å². The summed E-state index contributed by atoms with van der Waals surface area (Å²) in [4.78, 5) is 16.0. The molecule has 0 unspecified atom stereocenters. The molecular weight excluding hydrogens is 482 g/mol. The normalized spacial score (nSPS) is 37.0. The number of fused-ring (bicyclic) bond motifs is 5. The zero-order valence-corrected chi connectivity index (χ0v) is 24.8. The Morgan fingerprint density at radius 2 is 1.82 bits per heavy atom. The number of rotatable bonds is 8. The Kier molecular flexibility index (Phi) is 8.20. The van der Waals surface area contributed by atoms with Gasteiger partial charge in [0, 0.05) is 17.4 Å². The fourth-order valence-corrected chi connectivity index (χ4v) is 9.69. The Hall–Kier alpha value is -2.26. The monoisotopic (exact) mass is 531 g/mol. The number of carbonyl (C=O) groups is 1. The Morgan fingerprint density at radius 3 is 2.54 bits per heavy atom. The standard InChI is InChI=1S/C34H49N3O2/c1-22(2)11-16-31(36-37-35)23(3)28-14-15-29-27-13-12-25-21-26(39-32(38)24-9-7-6-8-10-24)17-19-33(25,4)30(27)18-20-34(28,29)5/h6-10,12,22-23,26-31H,11,13-21H2,1-5H3/t23-,26-,27-,28+,29-,30-,31-,33-,34+/m0/s1. The van der Waals surface area contributed by atoms with Crippen LogP contribution >= 0.6 is 0 Å². The number of ether oxygens (including phenoxy) is 1. The molecule has 5 rings (SSSR count). The highest BCUT2D eigenvalue weighted by atomic mass is 16.5. The van der Waals surface area contributed by atoms with Crippen molar-refractivity contribution in [2.75, 3.05) is 0 Å². The SMILES string of the molecule is CC(C)CC[C@H](N=[N+]=[N-])[C@@H](C)[C@H]1CC[C@H]2[C@@H]3CC=C4C[C@@H](OC(=O)c5ccccc5)CC[C@]4(C)[C@H]3CC[C@]12C. The summed E-state index contributed by atoms with van der Waals surface area (Å²) in [5.41, 5.74) is 12.1. The van der Waals surface area contributed by atoms with Crippen LogP contribution in [0.4, 0.5) is 0 Å². The van der Waals surface area contributed by atoms with Gasteiger partial charge in [-0.3, -0.25) is 0 Å². The average Bonchev–Trinajstić information content (AvgIpc) is 3.28. The van der Waals surface area contributed by atoms with Gasteiger partial charge in [0.1, 0.15) is 6.10 Å². The van der Waals surface area contributed by atoms with Crippen molar-refractivity contribution in [3.05, 3.63) is 58.0 Å². The van der Waals surface area contributed by atoms with E-state index in [9.17, 15) is 10.3 Å². The van der Waals surface area contributed by atoms with Gasteiger partial charge < -0.3 is 4.74 Å². The molecule has 39 heavy (non-hydrogen) atoms. The zero-order chi connectivity index (χ0) is 27.8. The summed E-state index contributed by atoms with van der Waals surface area (Å²) in [5, 5.41) is 4.34. The Balaban J connectivity index is 1.29. The van der Waals surface area contributed by atoms with Crippen molar-refractivity contribution in [3.8, 4) is 0 Å². The first kappa shape index (κ1) is 28.3. The summed E-state index contributed by atoms with van der Waals surface area (Å²) in [7, 11) is 0. The van der Waals surface area contributed by atoms with Crippen LogP contribution in [-0.4, -0.2) is 18.1 Å². The maximum Gasteiger partial charge on any atom is 0.338 e. The highest BCUT2D eigenvalue weighted by Crippen LogP contribution is 2.67. The van der Waals surface area contributed by atoms with E-state index in [4.69, 9.17) is 4.74 Å². The molecule has 0 saturated heterocycles.